The van der Waals surface area contributed by atoms with Gasteiger partial charge in [0.15, 0.2) is 5.96 Å². The molecule has 1 amide bonds. The van der Waals surface area contributed by atoms with Crippen LogP contribution in [0.5, 0.6) is 0 Å². The van der Waals surface area contributed by atoms with Crippen LogP contribution in [0.2, 0.25) is 0 Å². The van der Waals surface area contributed by atoms with Crippen LogP contribution in [0.3, 0.4) is 0 Å². The summed E-state index contributed by atoms with van der Waals surface area (Å²) in [7, 11) is 3.58. The van der Waals surface area contributed by atoms with Gasteiger partial charge in [0.05, 0.1) is 6.10 Å². The van der Waals surface area contributed by atoms with E-state index in [1.54, 1.807) is 7.11 Å². The van der Waals surface area contributed by atoms with Crippen molar-refractivity contribution in [1.82, 2.24) is 15.5 Å². The van der Waals surface area contributed by atoms with Crippen molar-refractivity contribution in [2.45, 2.75) is 46.1 Å². The highest BCUT2D eigenvalue weighted by molar-refractivity contribution is 14.0. The molecule has 2 aliphatic heterocycles. The molecule has 7 heteroatoms. The first-order chi connectivity index (χ1) is 10.8. The number of ether oxygens (including phenoxy) is 1. The van der Waals surface area contributed by atoms with Crippen LogP contribution in [0.1, 0.15) is 40.0 Å². The lowest BCUT2D eigenvalue weighted by atomic mass is 9.79. The smallest absolute Gasteiger partial charge is 0.220 e. The van der Waals surface area contributed by atoms with Crippen LogP contribution in [0.15, 0.2) is 4.99 Å². The zero-order chi connectivity index (χ0) is 17.1. The summed E-state index contributed by atoms with van der Waals surface area (Å²) in [4.78, 5) is 18.4. The standard InChI is InChI=1S/C17H32N4O2.HI/c1-16(2,3)13(23-5)10-19-15(18-4)21-8-6-7-17(12-21)9-14(22)20-11-17;/h13H,6-12H2,1-5H3,(H,18,19)(H,20,22);1H. The van der Waals surface area contributed by atoms with Gasteiger partial charge >= 0.3 is 0 Å². The Labute approximate surface area is 163 Å². The van der Waals surface area contributed by atoms with Crippen molar-refractivity contribution in [2.24, 2.45) is 15.8 Å². The average molecular weight is 452 g/mol. The topological polar surface area (TPSA) is 66.0 Å². The van der Waals surface area contributed by atoms with Gasteiger partial charge < -0.3 is 20.3 Å². The van der Waals surface area contributed by atoms with Crippen LogP contribution in [0.4, 0.5) is 0 Å². The summed E-state index contributed by atoms with van der Waals surface area (Å²) in [5, 5.41) is 6.45. The molecule has 0 aromatic heterocycles. The Balaban J connectivity index is 0.00000288. The van der Waals surface area contributed by atoms with Crippen molar-refractivity contribution in [3.8, 4) is 0 Å². The summed E-state index contributed by atoms with van der Waals surface area (Å²) in [5.74, 6) is 1.09. The lowest BCUT2D eigenvalue weighted by molar-refractivity contribution is -0.119. The highest BCUT2D eigenvalue weighted by Crippen LogP contribution is 2.36. The molecule has 2 saturated heterocycles. The molecule has 2 fully saturated rings. The van der Waals surface area contributed by atoms with Crippen molar-refractivity contribution in [3.63, 3.8) is 0 Å². The number of halogens is 1. The minimum atomic E-state index is 0. The Bertz CT molecular complexity index is 464. The highest BCUT2D eigenvalue weighted by Gasteiger charge is 2.42. The van der Waals surface area contributed by atoms with Gasteiger partial charge in [0.25, 0.3) is 0 Å². The lowest BCUT2D eigenvalue weighted by Gasteiger charge is -2.41. The number of piperidine rings is 1. The summed E-state index contributed by atoms with van der Waals surface area (Å²) < 4.78 is 5.61. The minimum Gasteiger partial charge on any atom is -0.379 e. The van der Waals surface area contributed by atoms with E-state index in [9.17, 15) is 4.79 Å². The van der Waals surface area contributed by atoms with Gasteiger partial charge in [-0.15, -0.1) is 24.0 Å². The Hall–Kier alpha value is -0.570. The Morgan fingerprint density at radius 3 is 2.71 bits per heavy atom. The summed E-state index contributed by atoms with van der Waals surface area (Å²) in [5.41, 5.74) is 0.156. The predicted molar refractivity (Wildman–Crippen MR) is 108 cm³/mol. The molecule has 2 unspecified atom stereocenters. The molecule has 2 heterocycles. The SMILES string of the molecule is CN=C(NCC(OC)C(C)(C)C)N1CCCC2(CNC(=O)C2)C1.I. The van der Waals surface area contributed by atoms with E-state index in [1.807, 2.05) is 7.05 Å². The van der Waals surface area contributed by atoms with Crippen molar-refractivity contribution in [3.05, 3.63) is 0 Å². The molecule has 2 N–H and O–H groups in total. The van der Waals surface area contributed by atoms with E-state index in [2.05, 4.69) is 41.3 Å². The first-order valence-corrected chi connectivity index (χ1v) is 8.55. The maximum absolute atomic E-state index is 11.6. The van der Waals surface area contributed by atoms with E-state index >= 15 is 0 Å². The second-order valence-corrected chi connectivity index (χ2v) is 8.00. The zero-order valence-corrected chi connectivity index (χ0v) is 18.0. The van der Waals surface area contributed by atoms with Gasteiger partial charge in [-0.25, -0.2) is 0 Å². The average Bonchev–Trinajstić information content (AvgIpc) is 2.83. The summed E-state index contributed by atoms with van der Waals surface area (Å²) in [6, 6.07) is 0. The molecule has 2 atom stereocenters. The molecule has 2 rings (SSSR count). The number of hydrogen-bond acceptors (Lipinski definition) is 3. The number of nitrogens with one attached hydrogen (secondary N) is 2. The number of aliphatic imine (C=N–C) groups is 1. The predicted octanol–water partition coefficient (Wildman–Crippen LogP) is 1.84. The maximum atomic E-state index is 11.6. The minimum absolute atomic E-state index is 0. The van der Waals surface area contributed by atoms with E-state index in [-0.39, 0.29) is 46.8 Å². The number of nitrogens with zero attached hydrogens (tertiary/aromatic N) is 2. The number of carbonyl (C=O) groups is 1. The van der Waals surface area contributed by atoms with Gasteiger partial charge in [-0.3, -0.25) is 9.79 Å². The van der Waals surface area contributed by atoms with Gasteiger partial charge in [0.2, 0.25) is 5.91 Å². The molecule has 0 bridgehead atoms. The molecular formula is C17H33IN4O2. The lowest BCUT2D eigenvalue weighted by Crippen LogP contribution is -2.53. The summed E-state index contributed by atoms with van der Waals surface area (Å²) >= 11 is 0. The van der Waals surface area contributed by atoms with E-state index in [4.69, 9.17) is 4.74 Å². The number of hydrogen-bond donors (Lipinski definition) is 2. The fourth-order valence-electron chi connectivity index (χ4n) is 3.69. The second kappa shape index (κ2) is 8.69. The fourth-order valence-corrected chi connectivity index (χ4v) is 3.69. The van der Waals surface area contributed by atoms with E-state index < -0.39 is 0 Å². The number of carbonyl (C=O) groups excluding carboxylic acids is 1. The fraction of sp³-hybridized carbons (Fsp3) is 0.882. The molecule has 0 aromatic carbocycles. The monoisotopic (exact) mass is 452 g/mol. The largest absolute Gasteiger partial charge is 0.379 e. The summed E-state index contributed by atoms with van der Waals surface area (Å²) in [6.45, 7) is 9.93. The van der Waals surface area contributed by atoms with Crippen LogP contribution in [-0.4, -0.2) is 63.2 Å². The Kier molecular flexibility index (Phi) is 7.77. The number of likely N-dealkylation sites (tertiary alicyclic amines) is 1. The van der Waals surface area contributed by atoms with Crippen molar-refractivity contribution in [2.75, 3.05) is 40.3 Å². The first kappa shape index (κ1) is 21.5. The number of rotatable bonds is 3. The normalized spacial score (nSPS) is 26.1. The number of guanidine groups is 1. The van der Waals surface area contributed by atoms with Gasteiger partial charge in [-0.05, 0) is 18.3 Å². The molecule has 0 aromatic rings. The molecule has 6 nitrogen and oxygen atoms in total. The molecular weight excluding hydrogens is 419 g/mol. The van der Waals surface area contributed by atoms with E-state index in [0.717, 1.165) is 45.0 Å². The molecule has 140 valence electrons. The van der Waals surface area contributed by atoms with Crippen LogP contribution < -0.4 is 10.6 Å². The third-order valence-electron chi connectivity index (χ3n) is 5.06. The Morgan fingerprint density at radius 2 is 2.21 bits per heavy atom. The molecule has 0 saturated carbocycles. The third-order valence-corrected chi connectivity index (χ3v) is 5.06. The first-order valence-electron chi connectivity index (χ1n) is 8.55. The van der Waals surface area contributed by atoms with Crippen LogP contribution in [-0.2, 0) is 9.53 Å². The molecule has 24 heavy (non-hydrogen) atoms. The molecule has 2 aliphatic rings. The quantitative estimate of drug-likeness (QED) is 0.390. The van der Waals surface area contributed by atoms with Crippen LogP contribution >= 0.6 is 24.0 Å². The third kappa shape index (κ3) is 5.21. The molecule has 0 aliphatic carbocycles. The summed E-state index contributed by atoms with van der Waals surface area (Å²) in [6.07, 6.45) is 2.97. The maximum Gasteiger partial charge on any atom is 0.220 e. The van der Waals surface area contributed by atoms with Gasteiger partial charge in [0, 0.05) is 52.2 Å². The van der Waals surface area contributed by atoms with Crippen molar-refractivity contribution < 1.29 is 9.53 Å². The van der Waals surface area contributed by atoms with Crippen LogP contribution in [0, 0.1) is 10.8 Å². The van der Waals surface area contributed by atoms with E-state index in [1.165, 1.54) is 0 Å². The van der Waals surface area contributed by atoms with E-state index in [0.29, 0.717) is 6.42 Å². The second-order valence-electron chi connectivity index (χ2n) is 8.00. The zero-order valence-electron chi connectivity index (χ0n) is 15.6. The molecule has 1 spiro atoms. The van der Waals surface area contributed by atoms with Crippen LogP contribution in [0.25, 0.3) is 0 Å². The van der Waals surface area contributed by atoms with Gasteiger partial charge in [-0.2, -0.15) is 0 Å². The van der Waals surface area contributed by atoms with Crippen molar-refractivity contribution in [1.29, 1.82) is 0 Å². The molecule has 0 radical (unpaired) electrons. The number of methoxy groups -OCH3 is 1. The number of amides is 1. The van der Waals surface area contributed by atoms with Gasteiger partial charge in [0.1, 0.15) is 0 Å². The highest BCUT2D eigenvalue weighted by atomic mass is 127. The Morgan fingerprint density at radius 1 is 1.50 bits per heavy atom. The van der Waals surface area contributed by atoms with Gasteiger partial charge in [-0.1, -0.05) is 20.8 Å². The van der Waals surface area contributed by atoms with Crippen molar-refractivity contribution >= 4 is 35.8 Å².